The highest BCUT2D eigenvalue weighted by molar-refractivity contribution is 9.10. The van der Waals surface area contributed by atoms with Gasteiger partial charge in [0.05, 0.1) is 121 Å². The van der Waals surface area contributed by atoms with E-state index in [9.17, 15) is 24.9 Å². The average Bonchev–Trinajstić information content (AvgIpc) is 1.51. The predicted octanol–water partition coefficient (Wildman–Crippen LogP) is 19.2. The zero-order valence-electron chi connectivity index (χ0n) is 81.8. The molecule has 10 atom stereocenters. The summed E-state index contributed by atoms with van der Waals surface area (Å²) in [7, 11) is -5.17. The van der Waals surface area contributed by atoms with E-state index >= 15 is 0 Å². The Morgan fingerprint density at radius 3 is 0.979 bits per heavy atom. The zero-order chi connectivity index (χ0) is 100. The summed E-state index contributed by atoms with van der Waals surface area (Å²) >= 11 is 7.27. The number of aryl methyl sites for hydroxylation is 8. The van der Waals surface area contributed by atoms with Crippen molar-refractivity contribution in [2.45, 2.75) is 166 Å². The van der Waals surface area contributed by atoms with E-state index in [0.29, 0.717) is 103 Å². The first-order valence-electron chi connectivity index (χ1n) is 47.3. The minimum absolute atomic E-state index is 0.0394. The van der Waals surface area contributed by atoms with Gasteiger partial charge in [0, 0.05) is 61.8 Å². The average molecular weight is 2040 g/mol. The molecule has 0 radical (unpaired) electrons. The van der Waals surface area contributed by atoms with E-state index in [1.165, 1.54) is 31.9 Å². The van der Waals surface area contributed by atoms with Crippen molar-refractivity contribution in [1.82, 2.24) is 39.9 Å². The third kappa shape index (κ3) is 22.8. The second-order valence-electron chi connectivity index (χ2n) is 39.5. The van der Waals surface area contributed by atoms with Gasteiger partial charge in [0.25, 0.3) is 16.6 Å². The van der Waals surface area contributed by atoms with Crippen LogP contribution in [0.2, 0.25) is 10.1 Å². The second-order valence-corrected chi connectivity index (χ2v) is 50.0. The van der Waals surface area contributed by atoms with E-state index in [1.807, 2.05) is 97.0 Å². The first-order valence-corrected chi connectivity index (χ1v) is 52.7. The van der Waals surface area contributed by atoms with Gasteiger partial charge in [-0.15, -0.1) is 0 Å². The lowest BCUT2D eigenvalue weighted by atomic mass is 9.92. The number of carboxylic acid groups (broad SMARTS) is 1. The molecule has 0 bridgehead atoms. The molecule has 5 aliphatic carbocycles. The van der Waals surface area contributed by atoms with Crippen molar-refractivity contribution < 1.29 is 52.7 Å². The van der Waals surface area contributed by atoms with Crippen LogP contribution >= 0.6 is 31.9 Å². The predicted molar refractivity (Wildman–Crippen MR) is 554 cm³/mol. The highest BCUT2D eigenvalue weighted by Crippen LogP contribution is 2.60. The number of carboxylic acids is 1. The highest BCUT2D eigenvalue weighted by Gasteiger charge is 2.63. The molecule has 0 saturated heterocycles. The Labute approximate surface area is 840 Å². The molecule has 4 aromatic heterocycles. The maximum Gasteiger partial charge on any atom is 0.307 e. The molecule has 13 aromatic rings. The van der Waals surface area contributed by atoms with Gasteiger partial charge < -0.3 is 47.9 Å². The summed E-state index contributed by atoms with van der Waals surface area (Å²) in [5, 5.41) is 61.7. The Balaban J connectivity index is 0.000000142. The molecule has 0 amide bonds. The van der Waals surface area contributed by atoms with Gasteiger partial charge in [-0.1, -0.05) is 255 Å². The molecule has 22 nitrogen and oxygen atoms in total. The Hall–Kier alpha value is -12.7. The molecule has 5 fully saturated rings. The highest BCUT2D eigenvalue weighted by atomic mass is 79.9. The molecule has 26 heteroatoms. The van der Waals surface area contributed by atoms with Gasteiger partial charge in [-0.3, -0.25) is 4.79 Å². The summed E-state index contributed by atoms with van der Waals surface area (Å²) in [5.41, 5.74) is 8.67. The van der Waals surface area contributed by atoms with E-state index in [1.54, 1.807) is 62.0 Å². The Morgan fingerprint density at radius 2 is 0.686 bits per heavy atom. The van der Waals surface area contributed by atoms with E-state index < -0.39 is 33.9 Å². The zero-order valence-corrected chi connectivity index (χ0v) is 87.0. The fourth-order valence-electron chi connectivity index (χ4n) is 19.9. The quantitative estimate of drug-likeness (QED) is 0.0268. The molecule has 0 aliphatic heterocycles. The Kier molecular flexibility index (Phi) is 32.5. The van der Waals surface area contributed by atoms with Gasteiger partial charge in [-0.25, -0.2) is 39.9 Å². The number of carbonyl (C=O) groups is 2. The smallest absolute Gasteiger partial charge is 0.307 e. The van der Waals surface area contributed by atoms with Gasteiger partial charge in [0.1, 0.15) is 29.6 Å². The monoisotopic (exact) mass is 2030 g/mol. The van der Waals surface area contributed by atoms with E-state index in [2.05, 4.69) is 295 Å². The first kappa shape index (κ1) is 103. The number of hydrogen-bond acceptors (Lipinski definition) is 21. The van der Waals surface area contributed by atoms with Crippen LogP contribution in [0.15, 0.2) is 276 Å². The van der Waals surface area contributed by atoms with Crippen LogP contribution in [0.5, 0.6) is 23.0 Å². The summed E-state index contributed by atoms with van der Waals surface area (Å²) in [5.74, 6) is 4.76. The Morgan fingerprint density at radius 1 is 0.393 bits per heavy atom. The number of aliphatic carboxylic acids is 1. The van der Waals surface area contributed by atoms with E-state index in [4.69, 9.17) is 43.6 Å². The number of aromatic nitrogens is 8. The number of nitriles is 3. The van der Waals surface area contributed by atoms with Gasteiger partial charge in [0.2, 0.25) is 0 Å². The van der Waals surface area contributed by atoms with Gasteiger partial charge >= 0.3 is 5.97 Å². The number of ether oxygens (including phenoxy) is 4. The van der Waals surface area contributed by atoms with Crippen LogP contribution in [0, 0.1) is 119 Å². The second kappa shape index (κ2) is 44.0. The number of aldehydes is 1. The maximum absolute atomic E-state index is 11.5. The molecular formula is C114H121Br2N11O11Si2. The van der Waals surface area contributed by atoms with Crippen molar-refractivity contribution in [3.63, 3.8) is 0 Å². The SMILES string of the molecule is CC(C)(C)[Si](OCC1CC1(CO)c1cccc(Br)c1)(c1ccccc1)c1ccccc1.Cc1ncc(OCC2(c3cccc(Br)c3)CC2CO[Si](c2ccccc2)(c2ccccc2)C(C)(C)C)c(C)n1.Cc1ncc(OCC2(c3cccc(C#N)c3)CC2C(=O)O)c(C)n1.Cc1ncc(OCC2(c3cccc(C#N)c3)CC2C=O)c(C)n1.Cc1ncc(OCC2(c3cccc(C#N)c3)CC2CO)c(C)n1. The van der Waals surface area contributed by atoms with Gasteiger partial charge in [0.15, 0.2) is 23.0 Å². The summed E-state index contributed by atoms with van der Waals surface area (Å²) < 4.78 is 40.7. The maximum atomic E-state index is 11.5. The fraction of sp³-hybridized carbons (Fsp3) is 0.342. The third-order valence-electron chi connectivity index (χ3n) is 28.4. The summed E-state index contributed by atoms with van der Waals surface area (Å²) in [6.45, 7) is 32.0. The molecule has 9 aromatic carbocycles. The van der Waals surface area contributed by atoms with E-state index in [0.717, 1.165) is 92.0 Å². The molecule has 5 saturated carbocycles. The molecule has 720 valence electrons. The molecule has 140 heavy (non-hydrogen) atoms. The third-order valence-corrected chi connectivity index (χ3v) is 39.4. The molecule has 4 heterocycles. The van der Waals surface area contributed by atoms with Crippen molar-refractivity contribution in [3.8, 4) is 41.2 Å². The van der Waals surface area contributed by atoms with Crippen molar-refractivity contribution in [2.24, 2.45) is 29.6 Å². The molecule has 18 rings (SSSR count). The number of nitrogens with zero attached hydrogens (tertiary/aromatic N) is 11. The van der Waals surface area contributed by atoms with Crippen LogP contribution in [-0.2, 0) is 45.5 Å². The normalized spacial score (nSPS) is 21.1. The number of aliphatic hydroxyl groups excluding tert-OH is 2. The summed E-state index contributed by atoms with van der Waals surface area (Å²) in [6, 6.07) is 88.6. The molecule has 0 spiro atoms. The topological polar surface area (TPSA) is 325 Å². The fourth-order valence-corrected chi connectivity index (χ4v) is 29.9. The first-order chi connectivity index (χ1) is 67.1. The molecule has 3 N–H and O–H groups in total. The lowest BCUT2D eigenvalue weighted by Gasteiger charge is -2.43. The largest absolute Gasteiger partial charge is 0.489 e. The van der Waals surface area contributed by atoms with E-state index in [-0.39, 0.29) is 63.4 Å². The van der Waals surface area contributed by atoms with Crippen molar-refractivity contribution in [2.75, 3.05) is 52.9 Å². The molecule has 5 aliphatic rings. The van der Waals surface area contributed by atoms with Gasteiger partial charge in [-0.05, 0) is 225 Å². The molecular weight excluding hydrogens is 1920 g/mol. The van der Waals surface area contributed by atoms with Crippen molar-refractivity contribution in [3.05, 3.63) is 367 Å². The number of rotatable bonds is 31. The van der Waals surface area contributed by atoms with Crippen LogP contribution in [-0.4, -0.2) is 137 Å². The van der Waals surface area contributed by atoms with Gasteiger partial charge in [-0.2, -0.15) is 15.8 Å². The minimum Gasteiger partial charge on any atom is -0.489 e. The number of carbonyl (C=O) groups excluding carboxylic acids is 1. The van der Waals surface area contributed by atoms with Crippen LogP contribution in [0.1, 0.15) is 164 Å². The Bertz CT molecular complexity index is 6610. The number of aliphatic hydroxyl groups is 2. The van der Waals surface area contributed by atoms with Crippen LogP contribution in [0.25, 0.3) is 0 Å². The lowest BCUT2D eigenvalue weighted by Crippen LogP contribution is -2.66. The minimum atomic E-state index is -2.62. The standard InChI is InChI=1S/C33H37BrN2O2Si.C27H31BrO2Si.C18H17N3O3.C18H19N3O2.C18H17N3O2/c1-24-31(21-35-25(2)36-24)37-23-33(26-13-12-14-28(34)19-26)20-27(33)22-38-39(32(3,4)5,29-15-8-6-9-16-29)30-17-10-7-11-18-30;1-26(2,3)31(24-13-6-4-7-14-24,25-15-8-5-9-16-25)30-19-22-18-27(22,20-29)21-11-10-12-23(28)17-21;1-11-16(9-20-12(2)21-11)24-10-18(7-15(18)17(22)23)14-5-3-4-13(6-14)8-19;2*1-12-17(9-20-13(2)21-12)23-11-18(7-16(18)10-22)15-5-3-4-14(6-15)8-19/h6-19,21,27H,20,22-23H2,1-5H3;4-17,22,29H,18-20H2,1-3H3;3-6,9,15H,7,10H2,1-2H3,(H,22,23);3-6,9,16,22H,7,10-11H2,1-2H3;3-6,9-10,16H,7,11H2,1-2H3. The number of hydrogen-bond donors (Lipinski definition) is 3. The molecule has 10 unspecified atom stereocenters. The van der Waals surface area contributed by atoms with Crippen LogP contribution in [0.3, 0.4) is 0 Å². The number of benzene rings is 9. The van der Waals surface area contributed by atoms with Crippen LogP contribution in [0.4, 0.5) is 0 Å². The number of halogens is 2. The van der Waals surface area contributed by atoms with Crippen molar-refractivity contribution in [1.29, 1.82) is 15.8 Å². The summed E-state index contributed by atoms with van der Waals surface area (Å²) in [4.78, 5) is 56.9. The van der Waals surface area contributed by atoms with Crippen LogP contribution < -0.4 is 39.7 Å². The van der Waals surface area contributed by atoms with Crippen molar-refractivity contribution >= 4 is 81.5 Å². The lowest BCUT2D eigenvalue weighted by molar-refractivity contribution is -0.139. The summed E-state index contributed by atoms with van der Waals surface area (Å²) in [6.07, 6.45) is 11.8.